The number of thioether (sulfide) groups is 1. The number of aromatic nitrogens is 1. The summed E-state index contributed by atoms with van der Waals surface area (Å²) < 4.78 is 0. The second kappa shape index (κ2) is 12.8. The fourth-order valence-electron chi connectivity index (χ4n) is 1.90. The summed E-state index contributed by atoms with van der Waals surface area (Å²) in [5.74, 6) is 1.29. The molecule has 1 aromatic heterocycles. The maximum atomic E-state index is 11.9. The van der Waals surface area contributed by atoms with Gasteiger partial charge in [0.2, 0.25) is 5.91 Å². The highest BCUT2D eigenvalue weighted by atomic mass is 127. The first-order valence-corrected chi connectivity index (χ1v) is 9.06. The molecule has 2 aromatic rings. The average Bonchev–Trinajstić information content (AvgIpc) is 2.63. The number of pyridine rings is 1. The van der Waals surface area contributed by atoms with Crippen LogP contribution in [0.4, 0.5) is 5.69 Å². The van der Waals surface area contributed by atoms with Gasteiger partial charge in [0.1, 0.15) is 0 Å². The summed E-state index contributed by atoms with van der Waals surface area (Å²) >= 11 is 7.58. The molecule has 0 unspecified atom stereocenters. The molecular weight excluding hydrogens is 485 g/mol. The highest BCUT2D eigenvalue weighted by Crippen LogP contribution is 2.19. The number of hydrogen-bond donors (Lipinski definition) is 3. The molecule has 6 nitrogen and oxygen atoms in total. The Labute approximate surface area is 179 Å². The molecule has 0 radical (unpaired) electrons. The van der Waals surface area contributed by atoms with Gasteiger partial charge in [-0.3, -0.25) is 14.8 Å². The highest BCUT2D eigenvalue weighted by molar-refractivity contribution is 14.0. The Balaban J connectivity index is 0.00000338. The van der Waals surface area contributed by atoms with Crippen molar-refractivity contribution in [2.75, 3.05) is 31.2 Å². The predicted octanol–water partition coefficient (Wildman–Crippen LogP) is 3.25. The summed E-state index contributed by atoms with van der Waals surface area (Å²) in [6.07, 6.45) is 3.25. The van der Waals surface area contributed by atoms with Crippen LogP contribution in [-0.4, -0.2) is 42.7 Å². The molecule has 0 spiro atoms. The number of benzene rings is 1. The maximum Gasteiger partial charge on any atom is 0.243 e. The van der Waals surface area contributed by atoms with Crippen LogP contribution < -0.4 is 16.0 Å². The molecule has 0 aliphatic heterocycles. The van der Waals surface area contributed by atoms with E-state index in [1.165, 1.54) is 0 Å². The van der Waals surface area contributed by atoms with Gasteiger partial charge in [-0.25, -0.2) is 0 Å². The maximum absolute atomic E-state index is 11.9. The zero-order valence-electron chi connectivity index (χ0n) is 14.2. The van der Waals surface area contributed by atoms with Gasteiger partial charge in [0.25, 0.3) is 0 Å². The largest absolute Gasteiger partial charge is 0.356 e. The number of carbonyl (C=O) groups is 1. The zero-order valence-corrected chi connectivity index (χ0v) is 18.1. The van der Waals surface area contributed by atoms with Gasteiger partial charge in [0, 0.05) is 35.5 Å². The monoisotopic (exact) mass is 505 g/mol. The second-order valence-corrected chi connectivity index (χ2v) is 6.55. The van der Waals surface area contributed by atoms with E-state index in [0.717, 1.165) is 22.2 Å². The molecule has 2 rings (SSSR count). The standard InChI is InChI=1S/C17H20ClN5OS.HI/c1-19-17(21-9-10-25-15-6-4-13(18)5-7-15)22-12-16(24)23-14-3-2-8-20-11-14;/h2-8,11H,9-10,12H2,1H3,(H,23,24)(H2,19,21,22);1H. The molecular formula is C17H21ClIN5OS. The van der Waals surface area contributed by atoms with Crippen LogP contribution in [0.1, 0.15) is 0 Å². The van der Waals surface area contributed by atoms with Crippen molar-refractivity contribution in [1.29, 1.82) is 0 Å². The van der Waals surface area contributed by atoms with Gasteiger partial charge in [-0.2, -0.15) is 0 Å². The summed E-state index contributed by atoms with van der Waals surface area (Å²) in [6, 6.07) is 11.3. The first-order valence-electron chi connectivity index (χ1n) is 7.70. The minimum atomic E-state index is -0.161. The summed E-state index contributed by atoms with van der Waals surface area (Å²) in [5, 5.41) is 9.63. The van der Waals surface area contributed by atoms with Crippen molar-refractivity contribution in [3.63, 3.8) is 0 Å². The Morgan fingerprint density at radius 2 is 2.00 bits per heavy atom. The molecule has 1 aromatic carbocycles. The Morgan fingerprint density at radius 1 is 1.23 bits per heavy atom. The summed E-state index contributed by atoms with van der Waals surface area (Å²) in [7, 11) is 1.67. The number of amides is 1. The lowest BCUT2D eigenvalue weighted by atomic mass is 10.4. The Hall–Kier alpha value is -1.52. The number of anilines is 1. The third-order valence-corrected chi connectivity index (χ3v) is 4.33. The van der Waals surface area contributed by atoms with E-state index in [9.17, 15) is 4.79 Å². The topological polar surface area (TPSA) is 78.4 Å². The van der Waals surface area contributed by atoms with Crippen LogP contribution in [0.2, 0.25) is 5.02 Å². The molecule has 1 amide bonds. The smallest absolute Gasteiger partial charge is 0.243 e. The van der Waals surface area contributed by atoms with Gasteiger partial charge in [-0.15, -0.1) is 35.7 Å². The van der Waals surface area contributed by atoms with Crippen LogP contribution in [0.3, 0.4) is 0 Å². The molecule has 0 aliphatic rings. The lowest BCUT2D eigenvalue weighted by Crippen LogP contribution is -2.42. The lowest BCUT2D eigenvalue weighted by Gasteiger charge is -2.12. The van der Waals surface area contributed by atoms with Crippen molar-refractivity contribution in [1.82, 2.24) is 15.6 Å². The predicted molar refractivity (Wildman–Crippen MR) is 120 cm³/mol. The zero-order chi connectivity index (χ0) is 17.9. The van der Waals surface area contributed by atoms with E-state index >= 15 is 0 Å². The quantitative estimate of drug-likeness (QED) is 0.177. The number of guanidine groups is 1. The van der Waals surface area contributed by atoms with Crippen LogP contribution in [0.5, 0.6) is 0 Å². The first kappa shape index (κ1) is 22.5. The van der Waals surface area contributed by atoms with E-state index in [1.807, 2.05) is 24.3 Å². The number of carbonyl (C=O) groups excluding carboxylic acids is 1. The van der Waals surface area contributed by atoms with Gasteiger partial charge in [0.05, 0.1) is 18.4 Å². The third-order valence-electron chi connectivity index (χ3n) is 3.06. The van der Waals surface area contributed by atoms with E-state index in [2.05, 4.69) is 25.9 Å². The van der Waals surface area contributed by atoms with Crippen molar-refractivity contribution in [2.24, 2.45) is 4.99 Å². The van der Waals surface area contributed by atoms with E-state index < -0.39 is 0 Å². The number of rotatable bonds is 7. The number of nitrogens with one attached hydrogen (secondary N) is 3. The van der Waals surface area contributed by atoms with Crippen molar-refractivity contribution >= 4 is 64.9 Å². The summed E-state index contributed by atoms with van der Waals surface area (Å²) in [6.45, 7) is 0.843. The molecule has 0 saturated heterocycles. The van der Waals surface area contributed by atoms with Gasteiger partial charge in [0.15, 0.2) is 5.96 Å². The fourth-order valence-corrected chi connectivity index (χ4v) is 2.79. The summed E-state index contributed by atoms with van der Waals surface area (Å²) in [5.41, 5.74) is 0.664. The number of aliphatic imine (C=N–C) groups is 1. The van der Waals surface area contributed by atoms with Crippen LogP contribution in [-0.2, 0) is 4.79 Å². The molecule has 1 heterocycles. The van der Waals surface area contributed by atoms with Crippen LogP contribution in [0, 0.1) is 0 Å². The number of nitrogens with zero attached hydrogens (tertiary/aromatic N) is 2. The Kier molecular flexibility index (Phi) is 11.1. The van der Waals surface area contributed by atoms with Gasteiger partial charge >= 0.3 is 0 Å². The molecule has 0 atom stereocenters. The van der Waals surface area contributed by atoms with Crippen molar-refractivity contribution < 1.29 is 4.79 Å². The molecule has 3 N–H and O–H groups in total. The number of hydrogen-bond acceptors (Lipinski definition) is 4. The minimum Gasteiger partial charge on any atom is -0.356 e. The normalized spacial score (nSPS) is 10.6. The van der Waals surface area contributed by atoms with Crippen LogP contribution in [0.25, 0.3) is 0 Å². The third kappa shape index (κ3) is 8.72. The van der Waals surface area contributed by atoms with Gasteiger partial charge < -0.3 is 16.0 Å². The lowest BCUT2D eigenvalue weighted by molar-refractivity contribution is -0.115. The van der Waals surface area contributed by atoms with E-state index in [4.69, 9.17) is 11.6 Å². The second-order valence-electron chi connectivity index (χ2n) is 4.94. The molecule has 0 bridgehead atoms. The first-order chi connectivity index (χ1) is 12.2. The molecule has 0 fully saturated rings. The molecule has 0 saturated carbocycles. The van der Waals surface area contributed by atoms with E-state index in [1.54, 1.807) is 43.3 Å². The SMILES string of the molecule is CN=C(NCCSc1ccc(Cl)cc1)NCC(=O)Nc1cccnc1.I. The van der Waals surface area contributed by atoms with Crippen molar-refractivity contribution in [2.45, 2.75) is 4.90 Å². The highest BCUT2D eigenvalue weighted by Gasteiger charge is 2.04. The van der Waals surface area contributed by atoms with Gasteiger partial charge in [-0.05, 0) is 36.4 Å². The van der Waals surface area contributed by atoms with E-state index in [0.29, 0.717) is 11.6 Å². The minimum absolute atomic E-state index is 0. The average molecular weight is 506 g/mol. The Morgan fingerprint density at radius 3 is 2.65 bits per heavy atom. The summed E-state index contributed by atoms with van der Waals surface area (Å²) in [4.78, 5) is 21.1. The fraction of sp³-hybridized carbons (Fsp3) is 0.235. The van der Waals surface area contributed by atoms with E-state index in [-0.39, 0.29) is 36.4 Å². The molecule has 140 valence electrons. The van der Waals surface area contributed by atoms with Gasteiger partial charge in [-0.1, -0.05) is 11.6 Å². The van der Waals surface area contributed by atoms with Crippen LogP contribution >= 0.6 is 47.3 Å². The Bertz CT molecular complexity index is 700. The molecule has 0 aliphatic carbocycles. The molecule has 26 heavy (non-hydrogen) atoms. The van der Waals surface area contributed by atoms with Crippen LogP contribution in [0.15, 0.2) is 58.7 Å². The van der Waals surface area contributed by atoms with Crippen molar-refractivity contribution in [3.05, 3.63) is 53.8 Å². The number of halogens is 2. The molecule has 9 heteroatoms. The van der Waals surface area contributed by atoms with Crippen molar-refractivity contribution in [3.8, 4) is 0 Å².